The van der Waals surface area contributed by atoms with Crippen molar-refractivity contribution in [1.82, 2.24) is 20.4 Å². The molecule has 0 atom stereocenters. The molecule has 0 unspecified atom stereocenters. The van der Waals surface area contributed by atoms with Gasteiger partial charge in [0.25, 0.3) is 0 Å². The SMILES string of the molecule is COCCNC(=O)NCC(=O)N1CCN(C)CC1. The van der Waals surface area contributed by atoms with Gasteiger partial charge in [0.1, 0.15) is 0 Å². The first kappa shape index (κ1) is 14.7. The van der Waals surface area contributed by atoms with Gasteiger partial charge in [-0.1, -0.05) is 0 Å². The van der Waals surface area contributed by atoms with Gasteiger partial charge in [-0.3, -0.25) is 4.79 Å². The van der Waals surface area contributed by atoms with E-state index in [0.29, 0.717) is 13.2 Å². The molecule has 0 radical (unpaired) electrons. The molecule has 7 heteroatoms. The first-order chi connectivity index (χ1) is 8.63. The van der Waals surface area contributed by atoms with Crippen LogP contribution in [0.25, 0.3) is 0 Å². The van der Waals surface area contributed by atoms with Crippen LogP contribution in [0.3, 0.4) is 0 Å². The topological polar surface area (TPSA) is 73.9 Å². The van der Waals surface area contributed by atoms with E-state index in [2.05, 4.69) is 15.5 Å². The summed E-state index contributed by atoms with van der Waals surface area (Å²) in [5, 5.41) is 5.13. The summed E-state index contributed by atoms with van der Waals surface area (Å²) < 4.78 is 4.80. The lowest BCUT2D eigenvalue weighted by Gasteiger charge is -2.32. The number of hydrogen-bond donors (Lipinski definition) is 2. The second-order valence-electron chi connectivity index (χ2n) is 4.29. The van der Waals surface area contributed by atoms with Crippen LogP contribution in [0.15, 0.2) is 0 Å². The van der Waals surface area contributed by atoms with Gasteiger partial charge >= 0.3 is 6.03 Å². The van der Waals surface area contributed by atoms with Crippen LogP contribution < -0.4 is 10.6 Å². The molecule has 0 saturated carbocycles. The van der Waals surface area contributed by atoms with Gasteiger partial charge in [-0.25, -0.2) is 4.79 Å². The van der Waals surface area contributed by atoms with Gasteiger partial charge in [0.05, 0.1) is 13.2 Å². The molecule has 0 aliphatic carbocycles. The molecular weight excluding hydrogens is 236 g/mol. The average Bonchev–Trinajstić information content (AvgIpc) is 2.37. The van der Waals surface area contributed by atoms with Crippen molar-refractivity contribution in [3.8, 4) is 0 Å². The van der Waals surface area contributed by atoms with Crippen molar-refractivity contribution >= 4 is 11.9 Å². The summed E-state index contributed by atoms with van der Waals surface area (Å²) in [5.74, 6) is -0.0370. The second kappa shape index (κ2) is 7.88. The van der Waals surface area contributed by atoms with Gasteiger partial charge in [-0.15, -0.1) is 0 Å². The monoisotopic (exact) mass is 258 g/mol. The third-order valence-electron chi connectivity index (χ3n) is 2.85. The number of piperazine rings is 1. The maximum absolute atomic E-state index is 11.8. The summed E-state index contributed by atoms with van der Waals surface area (Å²) in [4.78, 5) is 27.0. The Bertz CT molecular complexity index is 277. The molecule has 0 aromatic carbocycles. The lowest BCUT2D eigenvalue weighted by Crippen LogP contribution is -2.51. The summed E-state index contributed by atoms with van der Waals surface area (Å²) in [6.45, 7) is 4.15. The van der Waals surface area contributed by atoms with E-state index in [-0.39, 0.29) is 18.5 Å². The molecule has 1 aliphatic rings. The molecule has 0 aromatic heterocycles. The number of methoxy groups -OCH3 is 1. The van der Waals surface area contributed by atoms with E-state index in [1.165, 1.54) is 0 Å². The molecule has 104 valence electrons. The number of nitrogens with zero attached hydrogens (tertiary/aromatic N) is 2. The van der Waals surface area contributed by atoms with E-state index in [1.54, 1.807) is 12.0 Å². The molecule has 2 N–H and O–H groups in total. The maximum atomic E-state index is 11.8. The molecule has 3 amide bonds. The minimum atomic E-state index is -0.338. The van der Waals surface area contributed by atoms with Gasteiger partial charge in [-0.2, -0.15) is 0 Å². The quantitative estimate of drug-likeness (QED) is 0.602. The first-order valence-corrected chi connectivity index (χ1v) is 6.10. The normalized spacial score (nSPS) is 16.4. The smallest absolute Gasteiger partial charge is 0.315 e. The van der Waals surface area contributed by atoms with Crippen LogP contribution in [-0.4, -0.2) is 81.8 Å². The Morgan fingerprint density at radius 2 is 1.83 bits per heavy atom. The predicted octanol–water partition coefficient (Wildman–Crippen LogP) is -1.29. The third kappa shape index (κ3) is 5.33. The second-order valence-corrected chi connectivity index (χ2v) is 4.29. The Hall–Kier alpha value is -1.34. The van der Waals surface area contributed by atoms with Crippen LogP contribution in [0.4, 0.5) is 4.79 Å². The Morgan fingerprint density at radius 3 is 2.44 bits per heavy atom. The molecular formula is C11H22N4O3. The van der Waals surface area contributed by atoms with Crippen LogP contribution in [0.2, 0.25) is 0 Å². The van der Waals surface area contributed by atoms with Crippen LogP contribution in [0.1, 0.15) is 0 Å². The molecule has 18 heavy (non-hydrogen) atoms. The van der Waals surface area contributed by atoms with Crippen molar-refractivity contribution in [3.63, 3.8) is 0 Å². The highest BCUT2D eigenvalue weighted by Gasteiger charge is 2.18. The summed E-state index contributed by atoms with van der Waals surface area (Å²) >= 11 is 0. The van der Waals surface area contributed by atoms with Crippen LogP contribution in [0.5, 0.6) is 0 Å². The van der Waals surface area contributed by atoms with Crippen molar-refractivity contribution in [3.05, 3.63) is 0 Å². The molecule has 0 bridgehead atoms. The fourth-order valence-electron chi connectivity index (χ4n) is 1.65. The number of nitrogens with one attached hydrogen (secondary N) is 2. The van der Waals surface area contributed by atoms with Crippen molar-refractivity contribution < 1.29 is 14.3 Å². The number of likely N-dealkylation sites (N-methyl/N-ethyl adjacent to an activating group) is 1. The molecule has 0 aromatic rings. The van der Waals surface area contributed by atoms with E-state index in [1.807, 2.05) is 7.05 Å². The lowest BCUT2D eigenvalue weighted by molar-refractivity contribution is -0.131. The number of urea groups is 1. The summed E-state index contributed by atoms with van der Waals surface area (Å²) in [7, 11) is 3.60. The van der Waals surface area contributed by atoms with Gasteiger partial charge < -0.3 is 25.2 Å². The Labute approximate surface area is 107 Å². The van der Waals surface area contributed by atoms with Crippen LogP contribution in [0, 0.1) is 0 Å². The summed E-state index contributed by atoms with van der Waals surface area (Å²) in [5.41, 5.74) is 0. The minimum absolute atomic E-state index is 0.0370. The van der Waals surface area contributed by atoms with Gasteiger partial charge in [0, 0.05) is 39.8 Å². The van der Waals surface area contributed by atoms with Gasteiger partial charge in [0.15, 0.2) is 0 Å². The highest BCUT2D eigenvalue weighted by atomic mass is 16.5. The zero-order valence-corrected chi connectivity index (χ0v) is 11.1. The lowest BCUT2D eigenvalue weighted by atomic mass is 10.3. The molecule has 0 spiro atoms. The third-order valence-corrected chi connectivity index (χ3v) is 2.85. The minimum Gasteiger partial charge on any atom is -0.383 e. The number of amides is 3. The number of carbonyl (C=O) groups excluding carboxylic acids is 2. The maximum Gasteiger partial charge on any atom is 0.315 e. The standard InChI is InChI=1S/C11H22N4O3/c1-14-4-6-15(7-5-14)10(16)9-13-11(17)12-3-8-18-2/h3-9H2,1-2H3,(H2,12,13,17). The van der Waals surface area contributed by atoms with Gasteiger partial charge in [0.2, 0.25) is 5.91 Å². The highest BCUT2D eigenvalue weighted by Crippen LogP contribution is 1.98. The zero-order valence-electron chi connectivity index (χ0n) is 11.1. The van der Waals surface area contributed by atoms with Crippen molar-refractivity contribution in [2.45, 2.75) is 0 Å². The van der Waals surface area contributed by atoms with Gasteiger partial charge in [-0.05, 0) is 7.05 Å². The fraction of sp³-hybridized carbons (Fsp3) is 0.818. The number of ether oxygens (including phenoxy) is 1. The number of hydrogen-bond acceptors (Lipinski definition) is 4. The Balaban J connectivity index is 2.14. The van der Waals surface area contributed by atoms with E-state index in [9.17, 15) is 9.59 Å². The van der Waals surface area contributed by atoms with E-state index in [4.69, 9.17) is 4.74 Å². The summed E-state index contributed by atoms with van der Waals surface area (Å²) in [6.07, 6.45) is 0. The van der Waals surface area contributed by atoms with Crippen LogP contribution >= 0.6 is 0 Å². The summed E-state index contributed by atoms with van der Waals surface area (Å²) in [6, 6.07) is -0.338. The van der Waals surface area contributed by atoms with Crippen LogP contribution in [-0.2, 0) is 9.53 Å². The van der Waals surface area contributed by atoms with E-state index >= 15 is 0 Å². The fourth-order valence-corrected chi connectivity index (χ4v) is 1.65. The Kier molecular flexibility index (Phi) is 6.45. The van der Waals surface area contributed by atoms with Crippen molar-refractivity contribution in [1.29, 1.82) is 0 Å². The largest absolute Gasteiger partial charge is 0.383 e. The van der Waals surface area contributed by atoms with Crippen molar-refractivity contribution in [2.75, 3.05) is 60.0 Å². The first-order valence-electron chi connectivity index (χ1n) is 6.10. The Morgan fingerprint density at radius 1 is 1.17 bits per heavy atom. The van der Waals surface area contributed by atoms with E-state index < -0.39 is 0 Å². The predicted molar refractivity (Wildman–Crippen MR) is 67.4 cm³/mol. The molecule has 1 fully saturated rings. The molecule has 7 nitrogen and oxygen atoms in total. The number of carbonyl (C=O) groups is 2. The molecule has 1 aliphatic heterocycles. The molecule has 1 saturated heterocycles. The average molecular weight is 258 g/mol. The van der Waals surface area contributed by atoms with E-state index in [0.717, 1.165) is 26.2 Å². The number of rotatable bonds is 5. The van der Waals surface area contributed by atoms with Crippen molar-refractivity contribution in [2.24, 2.45) is 0 Å². The molecule has 1 rings (SSSR count). The zero-order chi connectivity index (χ0) is 13.4. The molecule has 1 heterocycles. The highest BCUT2D eigenvalue weighted by molar-refractivity contribution is 5.84.